The highest BCUT2D eigenvalue weighted by Gasteiger charge is 2.47. The van der Waals surface area contributed by atoms with Gasteiger partial charge in [0.15, 0.2) is 0 Å². The minimum atomic E-state index is -0.831. The second-order valence-corrected chi connectivity index (χ2v) is 7.99. The molecule has 2 amide bonds. The molecule has 2 fully saturated rings. The summed E-state index contributed by atoms with van der Waals surface area (Å²) < 4.78 is 10.9. The van der Waals surface area contributed by atoms with Gasteiger partial charge < -0.3 is 9.47 Å². The van der Waals surface area contributed by atoms with E-state index in [1.807, 2.05) is 0 Å². The van der Waals surface area contributed by atoms with Crippen molar-refractivity contribution in [3.63, 3.8) is 0 Å². The lowest BCUT2D eigenvalue weighted by Crippen LogP contribution is -2.50. The zero-order valence-electron chi connectivity index (χ0n) is 16.2. The Hall–Kier alpha value is -2.25. The number of piperidine rings is 1. The highest BCUT2D eigenvalue weighted by molar-refractivity contribution is 5.97. The maximum atomic E-state index is 12.8. The van der Waals surface area contributed by atoms with Crippen LogP contribution in [0.4, 0.5) is 0 Å². The summed E-state index contributed by atoms with van der Waals surface area (Å²) in [6.07, 6.45) is 0.385. The molecule has 0 spiro atoms. The molecule has 0 bridgehead atoms. The van der Waals surface area contributed by atoms with E-state index in [4.69, 9.17) is 9.47 Å². The summed E-state index contributed by atoms with van der Waals surface area (Å²) in [6.45, 7) is 6.11. The van der Waals surface area contributed by atoms with Crippen molar-refractivity contribution in [3.8, 4) is 0 Å². The fourth-order valence-corrected chi connectivity index (χ4v) is 4.36. The van der Waals surface area contributed by atoms with Crippen LogP contribution < -0.4 is 5.32 Å². The summed E-state index contributed by atoms with van der Waals surface area (Å²) in [5.74, 6) is -3.08. The van der Waals surface area contributed by atoms with Gasteiger partial charge in [-0.25, -0.2) is 0 Å². The number of amides is 2. The van der Waals surface area contributed by atoms with Gasteiger partial charge in [-0.3, -0.25) is 29.3 Å². The minimum absolute atomic E-state index is 0.0579. The van der Waals surface area contributed by atoms with Gasteiger partial charge in [-0.1, -0.05) is 6.92 Å². The number of ether oxygens (including phenoxy) is 2. The average molecular weight is 381 g/mol. The first-order valence-electron chi connectivity index (χ1n) is 9.22. The van der Waals surface area contributed by atoms with E-state index in [-0.39, 0.29) is 55.1 Å². The van der Waals surface area contributed by atoms with E-state index >= 15 is 0 Å². The van der Waals surface area contributed by atoms with E-state index in [0.717, 1.165) is 0 Å². The van der Waals surface area contributed by atoms with Gasteiger partial charge in [-0.15, -0.1) is 0 Å². The minimum Gasteiger partial charge on any atom is -0.462 e. The molecule has 150 valence electrons. The van der Waals surface area contributed by atoms with Crippen LogP contribution in [0.5, 0.6) is 0 Å². The Bertz CT molecular complexity index is 642. The summed E-state index contributed by atoms with van der Waals surface area (Å²) in [7, 11) is 0. The highest BCUT2D eigenvalue weighted by atomic mass is 16.6. The zero-order chi connectivity index (χ0) is 20.4. The van der Waals surface area contributed by atoms with Gasteiger partial charge >= 0.3 is 11.9 Å². The third kappa shape index (κ3) is 5.61. The molecule has 1 heterocycles. The number of Topliss-reactive ketones (excluding diaryl/α,β-unsaturated/α-hetero) is 1. The van der Waals surface area contributed by atoms with Crippen molar-refractivity contribution in [3.05, 3.63) is 0 Å². The maximum absolute atomic E-state index is 12.8. The van der Waals surface area contributed by atoms with Crippen LogP contribution in [0.2, 0.25) is 0 Å². The van der Waals surface area contributed by atoms with Crippen LogP contribution in [0.1, 0.15) is 59.8 Å². The molecule has 0 radical (unpaired) electrons. The molecule has 0 aromatic carbocycles. The number of carbonyl (C=O) groups excluding carboxylic acids is 5. The molecule has 0 aromatic heterocycles. The largest absolute Gasteiger partial charge is 0.462 e. The van der Waals surface area contributed by atoms with Gasteiger partial charge in [0.1, 0.15) is 17.5 Å². The summed E-state index contributed by atoms with van der Waals surface area (Å²) in [4.78, 5) is 59.2. The van der Waals surface area contributed by atoms with Crippen LogP contribution >= 0.6 is 0 Å². The standard InChI is InChI=1S/C19H27NO7/c1-10-8-19(4,27-12(3)22)9-14(18(10)25)15(26-11(2)21)5-13-6-16(23)20-17(24)7-13/h10,13-15H,5-9H2,1-4H3,(H,20,23,24). The van der Waals surface area contributed by atoms with Crippen molar-refractivity contribution in [2.75, 3.05) is 0 Å². The van der Waals surface area contributed by atoms with Crippen molar-refractivity contribution in [2.45, 2.75) is 71.5 Å². The Morgan fingerprint density at radius 1 is 1.11 bits per heavy atom. The average Bonchev–Trinajstić information content (AvgIpc) is 2.48. The maximum Gasteiger partial charge on any atom is 0.303 e. The van der Waals surface area contributed by atoms with E-state index in [0.29, 0.717) is 6.42 Å². The van der Waals surface area contributed by atoms with Crippen LogP contribution in [-0.2, 0) is 33.4 Å². The fourth-order valence-electron chi connectivity index (χ4n) is 4.36. The number of ketones is 1. The number of esters is 2. The Labute approximate surface area is 158 Å². The lowest BCUT2D eigenvalue weighted by Gasteiger charge is -2.42. The molecule has 1 aliphatic heterocycles. The number of hydrogen-bond acceptors (Lipinski definition) is 7. The molecule has 1 saturated carbocycles. The third-order valence-corrected chi connectivity index (χ3v) is 5.19. The van der Waals surface area contributed by atoms with E-state index in [9.17, 15) is 24.0 Å². The molecule has 4 atom stereocenters. The monoisotopic (exact) mass is 381 g/mol. The molecule has 2 aliphatic rings. The molecule has 27 heavy (non-hydrogen) atoms. The predicted octanol–water partition coefficient (Wildman–Crippen LogP) is 1.30. The molecular weight excluding hydrogens is 354 g/mol. The predicted molar refractivity (Wildman–Crippen MR) is 93.1 cm³/mol. The van der Waals surface area contributed by atoms with E-state index < -0.39 is 29.6 Å². The Morgan fingerprint density at radius 2 is 1.70 bits per heavy atom. The van der Waals surface area contributed by atoms with Crippen molar-refractivity contribution in [2.24, 2.45) is 17.8 Å². The van der Waals surface area contributed by atoms with Crippen LogP contribution in [-0.4, -0.2) is 41.2 Å². The first kappa shape index (κ1) is 21.1. The summed E-state index contributed by atoms with van der Waals surface area (Å²) >= 11 is 0. The lowest BCUT2D eigenvalue weighted by molar-refractivity contribution is -0.173. The molecule has 1 aliphatic carbocycles. The zero-order valence-corrected chi connectivity index (χ0v) is 16.2. The fraction of sp³-hybridized carbons (Fsp3) is 0.737. The molecule has 8 nitrogen and oxygen atoms in total. The molecule has 8 heteroatoms. The summed E-state index contributed by atoms with van der Waals surface area (Å²) in [6, 6.07) is 0. The number of carbonyl (C=O) groups is 5. The number of rotatable bonds is 5. The third-order valence-electron chi connectivity index (χ3n) is 5.19. The first-order valence-corrected chi connectivity index (χ1v) is 9.22. The van der Waals surface area contributed by atoms with Crippen LogP contribution in [0.3, 0.4) is 0 Å². The number of imide groups is 1. The number of nitrogens with one attached hydrogen (secondary N) is 1. The van der Waals surface area contributed by atoms with Gasteiger partial charge in [-0.2, -0.15) is 0 Å². The quantitative estimate of drug-likeness (QED) is 0.563. The van der Waals surface area contributed by atoms with Gasteiger partial charge in [0.05, 0.1) is 5.92 Å². The normalized spacial score (nSPS) is 30.4. The van der Waals surface area contributed by atoms with Gasteiger partial charge in [0.2, 0.25) is 11.8 Å². The van der Waals surface area contributed by atoms with Crippen LogP contribution in [0.25, 0.3) is 0 Å². The Morgan fingerprint density at radius 3 is 2.22 bits per heavy atom. The van der Waals surface area contributed by atoms with Crippen molar-refractivity contribution < 1.29 is 33.4 Å². The Balaban J connectivity index is 2.23. The van der Waals surface area contributed by atoms with E-state index in [1.54, 1.807) is 13.8 Å². The molecule has 0 aromatic rings. The SMILES string of the molecule is CC(=O)OC(CC1CC(=O)NC(=O)C1)C1CC(C)(OC(C)=O)CC(C)C1=O. The van der Waals surface area contributed by atoms with E-state index in [2.05, 4.69) is 5.32 Å². The van der Waals surface area contributed by atoms with Crippen molar-refractivity contribution in [1.82, 2.24) is 5.32 Å². The molecular formula is C19H27NO7. The molecule has 1 N–H and O–H groups in total. The molecule has 4 unspecified atom stereocenters. The number of hydrogen-bond donors (Lipinski definition) is 1. The van der Waals surface area contributed by atoms with Crippen LogP contribution in [0.15, 0.2) is 0 Å². The van der Waals surface area contributed by atoms with E-state index in [1.165, 1.54) is 13.8 Å². The lowest BCUT2D eigenvalue weighted by atomic mass is 9.69. The van der Waals surface area contributed by atoms with Crippen molar-refractivity contribution in [1.29, 1.82) is 0 Å². The second-order valence-electron chi connectivity index (χ2n) is 7.99. The topological polar surface area (TPSA) is 116 Å². The van der Waals surface area contributed by atoms with Gasteiger partial charge in [0, 0.05) is 39.0 Å². The Kier molecular flexibility index (Phi) is 6.38. The van der Waals surface area contributed by atoms with Gasteiger partial charge in [0.25, 0.3) is 0 Å². The molecule has 2 rings (SSSR count). The second kappa shape index (κ2) is 8.19. The first-order chi connectivity index (χ1) is 12.5. The van der Waals surface area contributed by atoms with Crippen LogP contribution in [0, 0.1) is 17.8 Å². The summed E-state index contributed by atoms with van der Waals surface area (Å²) in [5, 5.41) is 2.24. The highest BCUT2D eigenvalue weighted by Crippen LogP contribution is 2.40. The van der Waals surface area contributed by atoms with Gasteiger partial charge in [-0.05, 0) is 25.7 Å². The smallest absolute Gasteiger partial charge is 0.303 e. The van der Waals surface area contributed by atoms with Crippen molar-refractivity contribution >= 4 is 29.5 Å². The summed E-state index contributed by atoms with van der Waals surface area (Å²) in [5.41, 5.74) is -0.831. The molecule has 1 saturated heterocycles.